The maximum atomic E-state index is 13.8. The van der Waals surface area contributed by atoms with Crippen molar-refractivity contribution in [1.82, 2.24) is 5.32 Å². The number of halogens is 2. The van der Waals surface area contributed by atoms with E-state index in [1.807, 2.05) is 0 Å². The molecular formula is C14H19F2NO. The molecule has 18 heavy (non-hydrogen) atoms. The Morgan fingerprint density at radius 2 is 2.06 bits per heavy atom. The second-order valence-corrected chi connectivity index (χ2v) is 4.78. The first kappa shape index (κ1) is 13.4. The topological polar surface area (TPSA) is 21.3 Å². The molecule has 0 aromatic heterocycles. The molecule has 1 atom stereocenters. The van der Waals surface area contributed by atoms with E-state index >= 15 is 0 Å². The average Bonchev–Trinajstić information content (AvgIpc) is 2.41. The van der Waals surface area contributed by atoms with E-state index in [1.54, 1.807) is 19.2 Å². The molecule has 1 aromatic rings. The minimum atomic E-state index is -0.778. The summed E-state index contributed by atoms with van der Waals surface area (Å²) in [5.41, 5.74) is 0.420. The summed E-state index contributed by atoms with van der Waals surface area (Å²) in [4.78, 5) is 0. The normalized spacial score (nSPS) is 18.8. The highest BCUT2D eigenvalue weighted by Gasteiger charge is 2.22. The van der Waals surface area contributed by atoms with Crippen LogP contribution in [0.2, 0.25) is 0 Å². The summed E-state index contributed by atoms with van der Waals surface area (Å²) in [6, 6.07) is 4.23. The molecule has 0 bridgehead atoms. The molecule has 4 heteroatoms. The van der Waals surface area contributed by atoms with Crippen molar-refractivity contribution in [2.75, 3.05) is 20.3 Å². The zero-order valence-electron chi connectivity index (χ0n) is 10.6. The SMILES string of the molecule is CNC(CC1CCOCC1)c1cccc(F)c1F. The first-order valence-electron chi connectivity index (χ1n) is 6.41. The Bertz CT molecular complexity index is 391. The van der Waals surface area contributed by atoms with Crippen LogP contribution >= 0.6 is 0 Å². The van der Waals surface area contributed by atoms with Gasteiger partial charge in [-0.2, -0.15) is 0 Å². The lowest BCUT2D eigenvalue weighted by Crippen LogP contribution is -2.24. The van der Waals surface area contributed by atoms with E-state index < -0.39 is 11.6 Å². The van der Waals surface area contributed by atoms with Gasteiger partial charge in [0.1, 0.15) is 0 Å². The van der Waals surface area contributed by atoms with Crippen LogP contribution in [-0.2, 0) is 4.74 Å². The van der Waals surface area contributed by atoms with Crippen molar-refractivity contribution in [2.45, 2.75) is 25.3 Å². The number of hydrogen-bond acceptors (Lipinski definition) is 2. The monoisotopic (exact) mass is 255 g/mol. The van der Waals surface area contributed by atoms with E-state index in [2.05, 4.69) is 5.32 Å². The highest BCUT2D eigenvalue weighted by Crippen LogP contribution is 2.29. The van der Waals surface area contributed by atoms with Crippen LogP contribution < -0.4 is 5.32 Å². The average molecular weight is 255 g/mol. The second kappa shape index (κ2) is 6.25. The van der Waals surface area contributed by atoms with E-state index in [-0.39, 0.29) is 6.04 Å². The summed E-state index contributed by atoms with van der Waals surface area (Å²) in [5.74, 6) is -0.998. The molecule has 1 fully saturated rings. The number of benzene rings is 1. The van der Waals surface area contributed by atoms with Gasteiger partial charge in [0.15, 0.2) is 11.6 Å². The largest absolute Gasteiger partial charge is 0.381 e. The van der Waals surface area contributed by atoms with Crippen molar-refractivity contribution in [3.8, 4) is 0 Å². The lowest BCUT2D eigenvalue weighted by Gasteiger charge is -2.27. The Balaban J connectivity index is 2.09. The van der Waals surface area contributed by atoms with Crippen molar-refractivity contribution in [3.63, 3.8) is 0 Å². The van der Waals surface area contributed by atoms with E-state index in [0.29, 0.717) is 11.5 Å². The molecule has 1 saturated heterocycles. The summed E-state index contributed by atoms with van der Waals surface area (Å²) < 4.78 is 32.3. The van der Waals surface area contributed by atoms with Crippen molar-refractivity contribution in [3.05, 3.63) is 35.4 Å². The highest BCUT2D eigenvalue weighted by molar-refractivity contribution is 5.22. The van der Waals surface area contributed by atoms with Gasteiger partial charge in [-0.25, -0.2) is 8.78 Å². The van der Waals surface area contributed by atoms with E-state index in [1.165, 1.54) is 0 Å². The number of hydrogen-bond donors (Lipinski definition) is 1. The Kier molecular flexibility index (Phi) is 4.66. The molecule has 100 valence electrons. The standard InChI is InChI=1S/C14H19F2NO/c1-17-13(9-10-5-7-18-8-6-10)11-3-2-4-12(15)14(11)16/h2-4,10,13,17H,5-9H2,1H3. The number of nitrogens with one attached hydrogen (secondary N) is 1. The fourth-order valence-electron chi connectivity index (χ4n) is 2.51. The molecule has 2 rings (SSSR count). The summed E-state index contributed by atoms with van der Waals surface area (Å²) in [6.45, 7) is 1.54. The molecular weight excluding hydrogens is 236 g/mol. The minimum absolute atomic E-state index is 0.135. The third-order valence-electron chi connectivity index (χ3n) is 3.62. The predicted molar refractivity (Wildman–Crippen MR) is 66.3 cm³/mol. The van der Waals surface area contributed by atoms with Crippen LogP contribution in [0.15, 0.2) is 18.2 Å². The van der Waals surface area contributed by atoms with Crippen LogP contribution in [-0.4, -0.2) is 20.3 Å². The summed E-state index contributed by atoms with van der Waals surface area (Å²) in [5, 5.41) is 3.09. The van der Waals surface area contributed by atoms with Crippen LogP contribution in [0.25, 0.3) is 0 Å². The zero-order chi connectivity index (χ0) is 13.0. The first-order chi connectivity index (χ1) is 8.72. The molecule has 0 spiro atoms. The van der Waals surface area contributed by atoms with Crippen molar-refractivity contribution in [1.29, 1.82) is 0 Å². The fraction of sp³-hybridized carbons (Fsp3) is 0.571. The second-order valence-electron chi connectivity index (χ2n) is 4.78. The van der Waals surface area contributed by atoms with Crippen molar-refractivity contribution < 1.29 is 13.5 Å². The summed E-state index contributed by atoms with van der Waals surface area (Å²) in [7, 11) is 1.79. The van der Waals surface area contributed by atoms with Crippen LogP contribution in [0.4, 0.5) is 8.78 Å². The Labute approximate surface area is 106 Å². The van der Waals surface area contributed by atoms with Crippen LogP contribution in [0, 0.1) is 17.6 Å². The van der Waals surface area contributed by atoms with Gasteiger partial charge in [0.2, 0.25) is 0 Å². The molecule has 2 nitrogen and oxygen atoms in total. The van der Waals surface area contributed by atoms with Crippen LogP contribution in [0.1, 0.15) is 30.9 Å². The molecule has 0 amide bonds. The molecule has 0 aliphatic carbocycles. The molecule has 1 aromatic carbocycles. The van der Waals surface area contributed by atoms with E-state index in [9.17, 15) is 8.78 Å². The van der Waals surface area contributed by atoms with Gasteiger partial charge in [0, 0.05) is 24.8 Å². The van der Waals surface area contributed by atoms with Gasteiger partial charge in [-0.15, -0.1) is 0 Å². The minimum Gasteiger partial charge on any atom is -0.381 e. The van der Waals surface area contributed by atoms with Gasteiger partial charge in [-0.1, -0.05) is 12.1 Å². The zero-order valence-corrected chi connectivity index (χ0v) is 10.6. The van der Waals surface area contributed by atoms with Gasteiger partial charge < -0.3 is 10.1 Å². The fourth-order valence-corrected chi connectivity index (χ4v) is 2.51. The molecule has 1 aliphatic rings. The van der Waals surface area contributed by atoms with Gasteiger partial charge >= 0.3 is 0 Å². The lowest BCUT2D eigenvalue weighted by atomic mass is 9.89. The first-order valence-corrected chi connectivity index (χ1v) is 6.41. The van der Waals surface area contributed by atoms with Crippen LogP contribution in [0.5, 0.6) is 0 Å². The van der Waals surface area contributed by atoms with Gasteiger partial charge in [-0.3, -0.25) is 0 Å². The smallest absolute Gasteiger partial charge is 0.163 e. The molecule has 0 radical (unpaired) electrons. The van der Waals surface area contributed by atoms with Crippen LogP contribution in [0.3, 0.4) is 0 Å². The highest BCUT2D eigenvalue weighted by atomic mass is 19.2. The van der Waals surface area contributed by atoms with E-state index in [0.717, 1.165) is 38.5 Å². The quantitative estimate of drug-likeness (QED) is 0.893. The third kappa shape index (κ3) is 3.06. The molecule has 0 saturated carbocycles. The third-order valence-corrected chi connectivity index (χ3v) is 3.62. The Hall–Kier alpha value is -1.00. The van der Waals surface area contributed by atoms with E-state index in [4.69, 9.17) is 4.74 Å². The summed E-state index contributed by atoms with van der Waals surface area (Å²) >= 11 is 0. The summed E-state index contributed by atoms with van der Waals surface area (Å²) in [6.07, 6.45) is 2.81. The van der Waals surface area contributed by atoms with Crippen molar-refractivity contribution >= 4 is 0 Å². The Morgan fingerprint density at radius 1 is 1.33 bits per heavy atom. The lowest BCUT2D eigenvalue weighted by molar-refractivity contribution is 0.0606. The molecule has 1 N–H and O–H groups in total. The van der Waals surface area contributed by atoms with Gasteiger partial charge in [0.05, 0.1) is 0 Å². The number of rotatable bonds is 4. The molecule has 1 aliphatic heterocycles. The predicted octanol–water partition coefficient (Wildman–Crippen LogP) is 3.04. The molecule has 1 unspecified atom stereocenters. The maximum Gasteiger partial charge on any atom is 0.163 e. The molecule has 1 heterocycles. The van der Waals surface area contributed by atoms with Gasteiger partial charge in [0.25, 0.3) is 0 Å². The Morgan fingerprint density at radius 3 is 2.72 bits per heavy atom. The number of ether oxygens (including phenoxy) is 1. The van der Waals surface area contributed by atoms with Gasteiger partial charge in [-0.05, 0) is 38.3 Å². The van der Waals surface area contributed by atoms with Crippen molar-refractivity contribution in [2.24, 2.45) is 5.92 Å². The maximum absolute atomic E-state index is 13.8.